The molecule has 206 valence electrons. The van der Waals surface area contributed by atoms with E-state index in [1.165, 1.54) is 9.80 Å². The van der Waals surface area contributed by atoms with Crippen molar-refractivity contribution in [2.75, 3.05) is 26.3 Å². The van der Waals surface area contributed by atoms with Crippen LogP contribution in [0.1, 0.15) is 100 Å². The Kier molecular flexibility index (Phi) is 9.87. The summed E-state index contributed by atoms with van der Waals surface area (Å²) in [5.41, 5.74) is -1.99. The van der Waals surface area contributed by atoms with Gasteiger partial charge in [0, 0.05) is 32.2 Å². The van der Waals surface area contributed by atoms with Gasteiger partial charge in [0.1, 0.15) is 0 Å². The average Bonchev–Trinajstić information content (AvgIpc) is 3.20. The van der Waals surface area contributed by atoms with Gasteiger partial charge < -0.3 is 14.2 Å². The summed E-state index contributed by atoms with van der Waals surface area (Å²) in [6, 6.07) is 0. The minimum atomic E-state index is -0.634. The number of carbonyl (C=O) groups is 4. The summed E-state index contributed by atoms with van der Waals surface area (Å²) >= 11 is 0. The lowest BCUT2D eigenvalue weighted by atomic mass is 9.99. The fourth-order valence-corrected chi connectivity index (χ4v) is 4.55. The first-order chi connectivity index (χ1) is 16.4. The van der Waals surface area contributed by atoms with Crippen molar-refractivity contribution < 1.29 is 33.4 Å². The maximum Gasteiger partial charge on any atom is 0.229 e. The van der Waals surface area contributed by atoms with E-state index in [1.807, 2.05) is 55.4 Å². The van der Waals surface area contributed by atoms with E-state index in [9.17, 15) is 19.2 Å². The van der Waals surface area contributed by atoms with E-state index in [-0.39, 0.29) is 43.0 Å². The van der Waals surface area contributed by atoms with Gasteiger partial charge in [0.05, 0.1) is 42.2 Å². The molecule has 0 aromatic heterocycles. The van der Waals surface area contributed by atoms with E-state index in [0.29, 0.717) is 51.9 Å². The predicted molar refractivity (Wildman–Crippen MR) is 135 cm³/mol. The molecule has 0 spiro atoms. The smallest absolute Gasteiger partial charge is 0.229 e. The normalized spacial score (nSPS) is 18.2. The van der Waals surface area contributed by atoms with Crippen LogP contribution in [0.25, 0.3) is 0 Å². The second-order valence-electron chi connectivity index (χ2n) is 12.4. The largest absolute Gasteiger partial charge is 0.375 e. The quantitative estimate of drug-likeness (QED) is 0.310. The third-order valence-corrected chi connectivity index (χ3v) is 6.73. The lowest BCUT2D eigenvalue weighted by Gasteiger charge is -2.38. The summed E-state index contributed by atoms with van der Waals surface area (Å²) in [6.07, 6.45) is 3.08. The van der Waals surface area contributed by atoms with Gasteiger partial charge in [-0.3, -0.25) is 29.0 Å². The summed E-state index contributed by atoms with van der Waals surface area (Å²) < 4.78 is 18.6. The molecule has 2 rings (SSSR count). The molecule has 0 aromatic rings. The molecule has 0 unspecified atom stereocenters. The Morgan fingerprint density at radius 2 is 0.944 bits per heavy atom. The molecule has 4 amide bonds. The lowest BCUT2D eigenvalue weighted by Crippen LogP contribution is -2.44. The molecule has 9 heteroatoms. The number of carbonyl (C=O) groups excluding carboxylic acids is 4. The summed E-state index contributed by atoms with van der Waals surface area (Å²) in [5, 5.41) is 0. The molecule has 0 atom stereocenters. The molecule has 0 bridgehead atoms. The van der Waals surface area contributed by atoms with Crippen LogP contribution in [0.5, 0.6) is 0 Å². The lowest BCUT2D eigenvalue weighted by molar-refractivity contribution is -0.157. The Bertz CT molecular complexity index is 800. The van der Waals surface area contributed by atoms with Crippen molar-refractivity contribution in [1.82, 2.24) is 9.80 Å². The molecular weight excluding hydrogens is 464 g/mol. The Hall–Kier alpha value is -1.84. The maximum atomic E-state index is 11.9. The molecule has 0 saturated carbocycles. The van der Waals surface area contributed by atoms with Crippen LogP contribution in [0.2, 0.25) is 0 Å². The molecule has 0 aromatic carbocycles. The van der Waals surface area contributed by atoms with Gasteiger partial charge in [-0.15, -0.1) is 0 Å². The van der Waals surface area contributed by atoms with Crippen molar-refractivity contribution in [3.63, 3.8) is 0 Å². The highest BCUT2D eigenvalue weighted by Gasteiger charge is 2.36. The summed E-state index contributed by atoms with van der Waals surface area (Å²) in [4.78, 5) is 50.1. The van der Waals surface area contributed by atoms with E-state index in [4.69, 9.17) is 14.2 Å². The Morgan fingerprint density at radius 1 is 0.556 bits per heavy atom. The molecule has 36 heavy (non-hydrogen) atoms. The van der Waals surface area contributed by atoms with Crippen molar-refractivity contribution >= 4 is 23.6 Å². The van der Waals surface area contributed by atoms with Crippen LogP contribution in [0.4, 0.5) is 0 Å². The third kappa shape index (κ3) is 9.56. The molecule has 2 aliphatic heterocycles. The third-order valence-electron chi connectivity index (χ3n) is 6.73. The zero-order chi connectivity index (χ0) is 27.4. The highest BCUT2D eigenvalue weighted by Crippen LogP contribution is 2.28. The fraction of sp³-hybridized carbons (Fsp3) is 0.852. The van der Waals surface area contributed by atoms with Crippen molar-refractivity contribution in [2.24, 2.45) is 0 Å². The monoisotopic (exact) mass is 510 g/mol. The summed E-state index contributed by atoms with van der Waals surface area (Å²) in [7, 11) is 0. The standard InChI is InChI=1S/C27H46N2O7/c1-24(2,13-16-28-20(30)9-10-21(28)31)34-17-14-25(3,4)36-26(5,6)15-18-35-27(7,8)19-29-22(32)11-12-23(29)33/h9-19H2,1-8H3. The van der Waals surface area contributed by atoms with Crippen molar-refractivity contribution in [3.8, 4) is 0 Å². The maximum absolute atomic E-state index is 11.9. The van der Waals surface area contributed by atoms with Gasteiger partial charge in [0.15, 0.2) is 0 Å². The van der Waals surface area contributed by atoms with Crippen LogP contribution in [0.15, 0.2) is 0 Å². The Balaban J connectivity index is 1.73. The SMILES string of the molecule is CC(C)(CCN1C(=O)CCC1=O)OCCC(C)(C)OC(C)(C)CCOC(C)(C)CN1C(=O)CCC1=O. The van der Waals surface area contributed by atoms with Crippen LogP contribution >= 0.6 is 0 Å². The molecule has 2 aliphatic rings. The molecule has 2 fully saturated rings. The molecule has 2 heterocycles. The van der Waals surface area contributed by atoms with Gasteiger partial charge in [0.25, 0.3) is 0 Å². The van der Waals surface area contributed by atoms with Crippen molar-refractivity contribution in [2.45, 2.75) is 123 Å². The second kappa shape index (κ2) is 11.7. The number of rotatable bonds is 15. The molecular formula is C27H46N2O7. The second-order valence-corrected chi connectivity index (χ2v) is 12.4. The zero-order valence-corrected chi connectivity index (χ0v) is 23.5. The number of nitrogens with zero attached hydrogens (tertiary/aromatic N) is 2. The van der Waals surface area contributed by atoms with E-state index in [1.54, 1.807) is 0 Å². The van der Waals surface area contributed by atoms with Crippen LogP contribution in [0.3, 0.4) is 0 Å². The van der Waals surface area contributed by atoms with Crippen LogP contribution in [-0.4, -0.2) is 82.1 Å². The highest BCUT2D eigenvalue weighted by molar-refractivity contribution is 6.02. The van der Waals surface area contributed by atoms with Gasteiger partial charge in [-0.1, -0.05) is 0 Å². The average molecular weight is 511 g/mol. The molecule has 0 radical (unpaired) electrons. The first-order valence-corrected chi connectivity index (χ1v) is 13.1. The number of hydrogen-bond acceptors (Lipinski definition) is 7. The summed E-state index contributed by atoms with van der Waals surface area (Å²) in [6.45, 7) is 17.4. The van der Waals surface area contributed by atoms with Crippen LogP contribution < -0.4 is 0 Å². The minimum absolute atomic E-state index is 0.0991. The number of amides is 4. The Morgan fingerprint density at radius 3 is 1.39 bits per heavy atom. The Labute approximate surface area is 216 Å². The van der Waals surface area contributed by atoms with Gasteiger partial charge >= 0.3 is 0 Å². The predicted octanol–water partition coefficient (Wildman–Crippen LogP) is 3.62. The van der Waals surface area contributed by atoms with Gasteiger partial charge in [0.2, 0.25) is 23.6 Å². The minimum Gasteiger partial charge on any atom is -0.375 e. The first kappa shape index (κ1) is 30.4. The van der Waals surface area contributed by atoms with E-state index in [2.05, 4.69) is 0 Å². The zero-order valence-electron chi connectivity index (χ0n) is 23.5. The topological polar surface area (TPSA) is 102 Å². The van der Waals surface area contributed by atoms with Crippen LogP contribution in [-0.2, 0) is 33.4 Å². The summed E-state index contributed by atoms with van der Waals surface area (Å²) in [5.74, 6) is -0.466. The van der Waals surface area contributed by atoms with Crippen molar-refractivity contribution in [1.29, 1.82) is 0 Å². The van der Waals surface area contributed by atoms with E-state index < -0.39 is 22.4 Å². The number of ether oxygens (including phenoxy) is 3. The molecule has 9 nitrogen and oxygen atoms in total. The van der Waals surface area contributed by atoms with Gasteiger partial charge in [-0.25, -0.2) is 0 Å². The molecule has 0 N–H and O–H groups in total. The number of imide groups is 2. The van der Waals surface area contributed by atoms with Crippen molar-refractivity contribution in [3.05, 3.63) is 0 Å². The molecule has 2 saturated heterocycles. The van der Waals surface area contributed by atoms with E-state index >= 15 is 0 Å². The number of likely N-dealkylation sites (tertiary alicyclic amines) is 2. The fourth-order valence-electron chi connectivity index (χ4n) is 4.55. The van der Waals surface area contributed by atoms with E-state index in [0.717, 1.165) is 0 Å². The van der Waals surface area contributed by atoms with Crippen LogP contribution in [0, 0.1) is 0 Å². The van der Waals surface area contributed by atoms with Gasteiger partial charge in [-0.2, -0.15) is 0 Å². The first-order valence-electron chi connectivity index (χ1n) is 13.1. The number of hydrogen-bond donors (Lipinski definition) is 0. The highest BCUT2D eigenvalue weighted by atomic mass is 16.5. The molecule has 0 aliphatic carbocycles. The van der Waals surface area contributed by atoms with Gasteiger partial charge in [-0.05, 0) is 74.7 Å².